The van der Waals surface area contributed by atoms with E-state index < -0.39 is 5.97 Å². The summed E-state index contributed by atoms with van der Waals surface area (Å²) in [5, 5.41) is 0. The number of ether oxygens (including phenoxy) is 4. The third-order valence-electron chi connectivity index (χ3n) is 6.95. The molecule has 1 saturated carbocycles. The summed E-state index contributed by atoms with van der Waals surface area (Å²) in [6, 6.07) is 11.2. The van der Waals surface area contributed by atoms with E-state index in [1.54, 1.807) is 33.4 Å². The highest BCUT2D eigenvalue weighted by Crippen LogP contribution is 2.45. The number of rotatable bonds is 7. The first kappa shape index (κ1) is 26.2. The summed E-state index contributed by atoms with van der Waals surface area (Å²) in [6.07, 6.45) is 2.07. The molecule has 196 valence electrons. The van der Waals surface area contributed by atoms with Crippen molar-refractivity contribution >= 4 is 23.6 Å². The Hall–Kier alpha value is -3.88. The van der Waals surface area contributed by atoms with Crippen LogP contribution in [0.5, 0.6) is 11.5 Å². The van der Waals surface area contributed by atoms with Crippen LogP contribution in [0.4, 0.5) is 0 Å². The van der Waals surface area contributed by atoms with Gasteiger partial charge in [0.1, 0.15) is 12.6 Å². The standard InChI is InChI=1S/C28H32N2O7/c1-16(31)37-19-10-11-23-21(12-19)20-13-24(34-3)25(35-4)14-22(20)27(29-23)17-6-8-18(9-7-17)28(33)30(2)15-26(32)36-5/h6-9,13-14,19,21,23H,10-12,15H2,1-5H3. The first-order chi connectivity index (χ1) is 17.7. The van der Waals surface area contributed by atoms with Crippen molar-refractivity contribution in [3.63, 3.8) is 0 Å². The zero-order valence-corrected chi connectivity index (χ0v) is 21.8. The third kappa shape index (κ3) is 5.45. The molecule has 0 N–H and O–H groups in total. The zero-order chi connectivity index (χ0) is 26.7. The van der Waals surface area contributed by atoms with Crippen LogP contribution in [0, 0.1) is 0 Å². The van der Waals surface area contributed by atoms with Crippen LogP contribution in [0.3, 0.4) is 0 Å². The van der Waals surface area contributed by atoms with Gasteiger partial charge in [-0.2, -0.15) is 0 Å². The molecule has 4 rings (SSSR count). The fourth-order valence-corrected chi connectivity index (χ4v) is 5.14. The van der Waals surface area contributed by atoms with E-state index >= 15 is 0 Å². The van der Waals surface area contributed by atoms with Crippen molar-refractivity contribution in [1.82, 2.24) is 4.90 Å². The summed E-state index contributed by atoms with van der Waals surface area (Å²) in [4.78, 5) is 42.3. The maximum Gasteiger partial charge on any atom is 0.325 e. The smallest absolute Gasteiger partial charge is 0.325 e. The topological polar surface area (TPSA) is 104 Å². The Morgan fingerprint density at radius 1 is 1.00 bits per heavy atom. The highest BCUT2D eigenvalue weighted by molar-refractivity contribution is 6.15. The van der Waals surface area contributed by atoms with Gasteiger partial charge in [-0.3, -0.25) is 19.4 Å². The van der Waals surface area contributed by atoms with Gasteiger partial charge < -0.3 is 23.8 Å². The van der Waals surface area contributed by atoms with E-state index in [9.17, 15) is 14.4 Å². The summed E-state index contributed by atoms with van der Waals surface area (Å²) in [5.74, 6) is 0.259. The molecule has 2 aliphatic rings. The number of nitrogens with zero attached hydrogens (tertiary/aromatic N) is 2. The van der Waals surface area contributed by atoms with E-state index in [0.717, 1.165) is 35.2 Å². The van der Waals surface area contributed by atoms with Crippen LogP contribution in [0.2, 0.25) is 0 Å². The highest BCUT2D eigenvalue weighted by Gasteiger charge is 2.38. The van der Waals surface area contributed by atoms with Gasteiger partial charge in [0, 0.05) is 36.6 Å². The highest BCUT2D eigenvalue weighted by atomic mass is 16.5. The van der Waals surface area contributed by atoms with E-state index in [1.807, 2.05) is 24.3 Å². The van der Waals surface area contributed by atoms with Gasteiger partial charge in [-0.05, 0) is 49.1 Å². The molecule has 0 radical (unpaired) electrons. The van der Waals surface area contributed by atoms with Crippen molar-refractivity contribution in [3.05, 3.63) is 58.7 Å². The number of benzene rings is 2. The van der Waals surface area contributed by atoms with Gasteiger partial charge in [0.25, 0.3) is 5.91 Å². The van der Waals surface area contributed by atoms with E-state index in [2.05, 4.69) is 4.74 Å². The Bertz CT molecular complexity index is 1220. The fraction of sp³-hybridized carbons (Fsp3) is 0.429. The maximum absolute atomic E-state index is 12.8. The Morgan fingerprint density at radius 3 is 2.30 bits per heavy atom. The number of esters is 2. The second kappa shape index (κ2) is 11.0. The lowest BCUT2D eigenvalue weighted by Gasteiger charge is -2.38. The lowest BCUT2D eigenvalue weighted by molar-refractivity contribution is -0.148. The van der Waals surface area contributed by atoms with E-state index in [1.165, 1.54) is 18.9 Å². The van der Waals surface area contributed by atoms with Crippen molar-refractivity contribution in [2.75, 3.05) is 34.9 Å². The van der Waals surface area contributed by atoms with Crippen LogP contribution in [-0.2, 0) is 19.1 Å². The fourth-order valence-electron chi connectivity index (χ4n) is 5.14. The summed E-state index contributed by atoms with van der Waals surface area (Å²) >= 11 is 0. The van der Waals surface area contributed by atoms with Crippen molar-refractivity contribution in [1.29, 1.82) is 0 Å². The van der Waals surface area contributed by atoms with Gasteiger partial charge in [-0.25, -0.2) is 0 Å². The first-order valence-electron chi connectivity index (χ1n) is 12.2. The maximum atomic E-state index is 12.8. The Morgan fingerprint density at radius 2 is 1.68 bits per heavy atom. The molecule has 1 heterocycles. The lowest BCUT2D eigenvalue weighted by Crippen LogP contribution is -2.36. The minimum Gasteiger partial charge on any atom is -0.493 e. The third-order valence-corrected chi connectivity index (χ3v) is 6.95. The molecule has 0 spiro atoms. The van der Waals surface area contributed by atoms with Crippen molar-refractivity contribution in [3.8, 4) is 11.5 Å². The SMILES string of the molecule is COC(=O)CN(C)C(=O)c1ccc(C2=NC3CCC(OC(C)=O)CC3c3cc(OC)c(OC)cc32)cc1. The predicted octanol–water partition coefficient (Wildman–Crippen LogP) is 3.37. The van der Waals surface area contributed by atoms with Crippen molar-refractivity contribution in [2.45, 2.75) is 44.2 Å². The molecule has 2 aromatic carbocycles. The molecule has 3 unspecified atom stereocenters. The molecule has 9 heteroatoms. The molecule has 1 amide bonds. The van der Waals surface area contributed by atoms with Gasteiger partial charge in [0.15, 0.2) is 11.5 Å². The van der Waals surface area contributed by atoms with E-state index in [-0.39, 0.29) is 36.5 Å². The van der Waals surface area contributed by atoms with Crippen LogP contribution in [0.25, 0.3) is 0 Å². The molecular formula is C28H32N2O7. The van der Waals surface area contributed by atoms with Crippen molar-refractivity contribution in [2.24, 2.45) is 4.99 Å². The molecule has 3 atom stereocenters. The number of likely N-dealkylation sites (N-methyl/N-ethyl adjacent to an activating group) is 1. The molecule has 0 bridgehead atoms. The normalized spacial score (nSPS) is 20.0. The molecule has 9 nitrogen and oxygen atoms in total. The number of amides is 1. The van der Waals surface area contributed by atoms with E-state index in [0.29, 0.717) is 23.5 Å². The Labute approximate surface area is 216 Å². The molecule has 0 aromatic heterocycles. The number of fused-ring (bicyclic) bond motifs is 3. The molecule has 1 aliphatic carbocycles. The molecule has 1 fully saturated rings. The molecular weight excluding hydrogens is 476 g/mol. The average Bonchev–Trinajstić information content (AvgIpc) is 2.91. The number of methoxy groups -OCH3 is 3. The summed E-state index contributed by atoms with van der Waals surface area (Å²) in [5.41, 5.74) is 4.12. The van der Waals surface area contributed by atoms with Gasteiger partial charge >= 0.3 is 11.9 Å². The average molecular weight is 509 g/mol. The number of hydrogen-bond acceptors (Lipinski definition) is 8. The van der Waals surface area contributed by atoms with Gasteiger partial charge in [-0.1, -0.05) is 12.1 Å². The van der Waals surface area contributed by atoms with E-state index in [4.69, 9.17) is 19.2 Å². The van der Waals surface area contributed by atoms with Crippen LogP contribution < -0.4 is 9.47 Å². The molecule has 37 heavy (non-hydrogen) atoms. The second-order valence-corrected chi connectivity index (χ2v) is 9.31. The summed E-state index contributed by atoms with van der Waals surface area (Å²) in [7, 11) is 6.04. The Kier molecular flexibility index (Phi) is 7.80. The zero-order valence-electron chi connectivity index (χ0n) is 21.8. The number of carbonyl (C=O) groups excluding carboxylic acids is 3. The second-order valence-electron chi connectivity index (χ2n) is 9.31. The summed E-state index contributed by atoms with van der Waals surface area (Å²) < 4.78 is 21.4. The monoisotopic (exact) mass is 508 g/mol. The van der Waals surface area contributed by atoms with Crippen LogP contribution in [0.15, 0.2) is 41.4 Å². The Balaban J connectivity index is 1.69. The molecule has 2 aromatic rings. The molecule has 1 aliphatic heterocycles. The minimum absolute atomic E-state index is 0.0277. The quantitative estimate of drug-likeness (QED) is 0.528. The molecule has 0 saturated heterocycles. The van der Waals surface area contributed by atoms with Gasteiger partial charge in [-0.15, -0.1) is 0 Å². The summed E-state index contributed by atoms with van der Waals surface area (Å²) in [6.45, 7) is 1.31. The lowest BCUT2D eigenvalue weighted by atomic mass is 9.74. The number of hydrogen-bond donors (Lipinski definition) is 0. The largest absolute Gasteiger partial charge is 0.493 e. The minimum atomic E-state index is -0.483. The predicted molar refractivity (Wildman–Crippen MR) is 137 cm³/mol. The first-order valence-corrected chi connectivity index (χ1v) is 12.2. The van der Waals surface area contributed by atoms with Gasteiger partial charge in [0.05, 0.1) is 33.1 Å². The van der Waals surface area contributed by atoms with Crippen LogP contribution in [0.1, 0.15) is 59.2 Å². The van der Waals surface area contributed by atoms with Crippen LogP contribution in [-0.4, -0.2) is 75.5 Å². The number of aliphatic imine (C=N–C) groups is 1. The number of carbonyl (C=O) groups is 3. The van der Waals surface area contributed by atoms with Gasteiger partial charge in [0.2, 0.25) is 0 Å². The van der Waals surface area contributed by atoms with Crippen LogP contribution >= 0.6 is 0 Å². The van der Waals surface area contributed by atoms with Crippen molar-refractivity contribution < 1.29 is 33.3 Å².